The number of amides is 2. The standard InChI is InChI=1S/C28H27NO8/c1-15(2)12-20(29-25(31)23-17-5-6-18(13-17)24(23)26(29)32)27(33)36-14-21(30)16-7-9-19(10-8-16)37-28(34)22-4-3-11-35-22/h3-11,15,17-18,20,23-24H,12-14H2,1-2H3. The van der Waals surface area contributed by atoms with E-state index in [1.54, 1.807) is 6.07 Å². The molecule has 9 heteroatoms. The first-order valence-electron chi connectivity index (χ1n) is 12.4. The minimum absolute atomic E-state index is 0.0144. The van der Waals surface area contributed by atoms with Gasteiger partial charge in [-0.1, -0.05) is 26.0 Å². The number of hydrogen-bond donors (Lipinski definition) is 0. The third kappa shape index (κ3) is 4.61. The van der Waals surface area contributed by atoms with Crippen LogP contribution < -0.4 is 4.74 Å². The van der Waals surface area contributed by atoms with Crippen molar-refractivity contribution in [2.24, 2.45) is 29.6 Å². The number of ketones is 1. The number of furan rings is 1. The van der Waals surface area contributed by atoms with Crippen molar-refractivity contribution in [3.63, 3.8) is 0 Å². The van der Waals surface area contributed by atoms with Gasteiger partial charge in [0.15, 0.2) is 12.4 Å². The summed E-state index contributed by atoms with van der Waals surface area (Å²) in [6, 6.07) is 7.75. The maximum absolute atomic E-state index is 13.2. The van der Waals surface area contributed by atoms with Crippen LogP contribution in [0.1, 0.15) is 47.6 Å². The Morgan fingerprint density at radius 3 is 2.22 bits per heavy atom. The van der Waals surface area contributed by atoms with E-state index in [0.29, 0.717) is 0 Å². The van der Waals surface area contributed by atoms with E-state index in [0.717, 1.165) is 11.3 Å². The fourth-order valence-corrected chi connectivity index (χ4v) is 5.56. The second kappa shape index (κ2) is 9.80. The zero-order chi connectivity index (χ0) is 26.3. The molecule has 0 N–H and O–H groups in total. The molecule has 0 spiro atoms. The van der Waals surface area contributed by atoms with Crippen LogP contribution in [0.5, 0.6) is 5.75 Å². The topological polar surface area (TPSA) is 120 Å². The smallest absolute Gasteiger partial charge is 0.379 e. The highest BCUT2D eigenvalue weighted by Gasteiger charge is 2.61. The fourth-order valence-electron chi connectivity index (χ4n) is 5.56. The molecule has 1 aromatic carbocycles. The lowest BCUT2D eigenvalue weighted by atomic mass is 9.85. The van der Waals surface area contributed by atoms with E-state index in [9.17, 15) is 24.0 Å². The van der Waals surface area contributed by atoms with Crippen LogP contribution >= 0.6 is 0 Å². The molecule has 1 aliphatic heterocycles. The summed E-state index contributed by atoms with van der Waals surface area (Å²) >= 11 is 0. The molecule has 2 amide bonds. The monoisotopic (exact) mass is 505 g/mol. The first kappa shape index (κ1) is 24.7. The molecule has 5 unspecified atom stereocenters. The Bertz CT molecular complexity index is 1230. The molecule has 192 valence electrons. The Labute approximate surface area is 213 Å². The molecule has 37 heavy (non-hydrogen) atoms. The second-order valence-electron chi connectivity index (χ2n) is 10.1. The van der Waals surface area contributed by atoms with E-state index >= 15 is 0 Å². The van der Waals surface area contributed by atoms with Gasteiger partial charge in [-0.05, 0) is 67.0 Å². The van der Waals surface area contributed by atoms with Crippen LogP contribution in [-0.4, -0.2) is 47.1 Å². The van der Waals surface area contributed by atoms with Gasteiger partial charge < -0.3 is 13.9 Å². The van der Waals surface area contributed by atoms with Gasteiger partial charge in [0.2, 0.25) is 17.6 Å². The zero-order valence-electron chi connectivity index (χ0n) is 20.5. The largest absolute Gasteiger partial charge is 0.457 e. The van der Waals surface area contributed by atoms with E-state index in [4.69, 9.17) is 13.9 Å². The van der Waals surface area contributed by atoms with Gasteiger partial charge >= 0.3 is 11.9 Å². The Balaban J connectivity index is 1.21. The number of hydrogen-bond acceptors (Lipinski definition) is 8. The molecule has 1 saturated heterocycles. The van der Waals surface area contributed by atoms with Crippen LogP contribution in [-0.2, 0) is 19.1 Å². The minimum Gasteiger partial charge on any atom is -0.457 e. The SMILES string of the molecule is CC(C)CC(C(=O)OCC(=O)c1ccc(OC(=O)c2ccco2)cc1)N1C(=O)C2C3C=CC(C3)C2C1=O. The van der Waals surface area contributed by atoms with Crippen molar-refractivity contribution >= 4 is 29.5 Å². The Kier molecular flexibility index (Phi) is 6.54. The summed E-state index contributed by atoms with van der Waals surface area (Å²) < 4.78 is 15.5. The summed E-state index contributed by atoms with van der Waals surface area (Å²) in [7, 11) is 0. The van der Waals surface area contributed by atoms with Crippen LogP contribution in [0, 0.1) is 29.6 Å². The van der Waals surface area contributed by atoms with Gasteiger partial charge in [-0.25, -0.2) is 9.59 Å². The van der Waals surface area contributed by atoms with Crippen molar-refractivity contribution in [1.82, 2.24) is 4.90 Å². The van der Waals surface area contributed by atoms with Crippen molar-refractivity contribution in [1.29, 1.82) is 0 Å². The highest BCUT2D eigenvalue weighted by molar-refractivity contribution is 6.09. The molecular weight excluding hydrogens is 478 g/mol. The molecule has 0 radical (unpaired) electrons. The number of rotatable bonds is 9. The number of imide groups is 1. The number of esters is 2. The Morgan fingerprint density at radius 1 is 1.00 bits per heavy atom. The Hall–Kier alpha value is -4.01. The van der Waals surface area contributed by atoms with Crippen molar-refractivity contribution in [3.8, 4) is 5.75 Å². The predicted molar refractivity (Wildman–Crippen MR) is 128 cm³/mol. The zero-order valence-corrected chi connectivity index (χ0v) is 20.5. The van der Waals surface area contributed by atoms with Crippen LogP contribution in [0.2, 0.25) is 0 Å². The first-order valence-corrected chi connectivity index (χ1v) is 12.4. The maximum Gasteiger partial charge on any atom is 0.379 e. The molecular formula is C28H27NO8. The number of benzene rings is 1. The molecule has 2 heterocycles. The number of carbonyl (C=O) groups excluding carboxylic acids is 5. The van der Waals surface area contributed by atoms with Crippen LogP contribution in [0.3, 0.4) is 0 Å². The summed E-state index contributed by atoms with van der Waals surface area (Å²) in [5, 5.41) is 0. The lowest BCUT2D eigenvalue weighted by Gasteiger charge is -2.27. The molecule has 3 aliphatic rings. The molecule has 2 fully saturated rings. The number of likely N-dealkylation sites (tertiary alicyclic amines) is 1. The summed E-state index contributed by atoms with van der Waals surface area (Å²) in [5.41, 5.74) is 0.247. The summed E-state index contributed by atoms with van der Waals surface area (Å²) in [6.45, 7) is 3.24. The molecule has 2 bridgehead atoms. The Morgan fingerprint density at radius 2 is 1.65 bits per heavy atom. The van der Waals surface area contributed by atoms with Gasteiger partial charge in [-0.2, -0.15) is 0 Å². The number of ether oxygens (including phenoxy) is 2. The number of allylic oxidation sites excluding steroid dienone is 2. The number of fused-ring (bicyclic) bond motifs is 5. The number of carbonyl (C=O) groups is 5. The van der Waals surface area contributed by atoms with E-state index in [1.165, 1.54) is 36.6 Å². The van der Waals surface area contributed by atoms with Gasteiger partial charge in [0.1, 0.15) is 11.8 Å². The minimum atomic E-state index is -1.07. The van der Waals surface area contributed by atoms with Crippen molar-refractivity contribution in [2.45, 2.75) is 32.7 Å². The maximum atomic E-state index is 13.2. The third-order valence-electron chi connectivity index (χ3n) is 7.24. The molecule has 2 aliphatic carbocycles. The van der Waals surface area contributed by atoms with Crippen molar-refractivity contribution in [3.05, 3.63) is 66.1 Å². The quantitative estimate of drug-likeness (QED) is 0.167. The van der Waals surface area contributed by atoms with Gasteiger partial charge in [-0.3, -0.25) is 19.3 Å². The molecule has 2 aromatic rings. The van der Waals surface area contributed by atoms with E-state index < -0.39 is 42.2 Å². The van der Waals surface area contributed by atoms with Gasteiger partial charge in [0.05, 0.1) is 18.1 Å². The first-order chi connectivity index (χ1) is 17.7. The third-order valence-corrected chi connectivity index (χ3v) is 7.24. The van der Waals surface area contributed by atoms with Gasteiger partial charge in [0, 0.05) is 5.56 Å². The average molecular weight is 506 g/mol. The lowest BCUT2D eigenvalue weighted by molar-refractivity contribution is -0.159. The number of Topliss-reactive ketones (excluding diaryl/α,β-unsaturated/α-hetero) is 1. The highest BCUT2D eigenvalue weighted by Crippen LogP contribution is 2.53. The van der Waals surface area contributed by atoms with Gasteiger partial charge in [-0.15, -0.1) is 0 Å². The van der Waals surface area contributed by atoms with Gasteiger partial charge in [0.25, 0.3) is 0 Å². The summed E-state index contributed by atoms with van der Waals surface area (Å²) in [6.07, 6.45) is 6.40. The average Bonchev–Trinajstić information content (AvgIpc) is 3.67. The van der Waals surface area contributed by atoms with Crippen LogP contribution in [0.25, 0.3) is 0 Å². The second-order valence-corrected chi connectivity index (χ2v) is 10.1. The predicted octanol–water partition coefficient (Wildman–Crippen LogP) is 3.45. The molecule has 1 aromatic heterocycles. The molecule has 9 nitrogen and oxygen atoms in total. The fraction of sp³-hybridized carbons (Fsp3) is 0.393. The van der Waals surface area contributed by atoms with E-state index in [1.807, 2.05) is 26.0 Å². The molecule has 1 saturated carbocycles. The van der Waals surface area contributed by atoms with Crippen molar-refractivity contribution in [2.75, 3.05) is 6.61 Å². The van der Waals surface area contributed by atoms with Crippen LogP contribution in [0.4, 0.5) is 0 Å². The summed E-state index contributed by atoms with van der Waals surface area (Å²) in [4.78, 5) is 65.2. The molecule has 5 atom stereocenters. The normalized spacial score (nSPS) is 24.5. The van der Waals surface area contributed by atoms with E-state index in [2.05, 4.69) is 0 Å². The number of nitrogens with zero attached hydrogens (tertiary/aromatic N) is 1. The molecule has 5 rings (SSSR count). The van der Waals surface area contributed by atoms with Crippen molar-refractivity contribution < 1.29 is 37.9 Å². The summed E-state index contributed by atoms with van der Waals surface area (Å²) in [5.74, 6) is -3.02. The van der Waals surface area contributed by atoms with E-state index in [-0.39, 0.29) is 53.1 Å². The highest BCUT2D eigenvalue weighted by atomic mass is 16.5. The van der Waals surface area contributed by atoms with Crippen LogP contribution in [0.15, 0.2) is 59.2 Å². The lowest BCUT2D eigenvalue weighted by Crippen LogP contribution is -2.48.